The number of carbonyl (C=O) groups is 1. The Kier molecular flexibility index (Phi) is 6.97. The normalized spacial score (nSPS) is 19.7. The van der Waals surface area contributed by atoms with Crippen LogP contribution in [0.15, 0.2) is 27.8 Å². The van der Waals surface area contributed by atoms with E-state index in [2.05, 4.69) is 17.1 Å². The summed E-state index contributed by atoms with van der Waals surface area (Å²) >= 11 is 0. The fourth-order valence-corrected chi connectivity index (χ4v) is 3.93. The molecule has 1 aliphatic heterocycles. The summed E-state index contributed by atoms with van der Waals surface area (Å²) < 4.78 is 5.23. The molecular formula is C20H32N4O2. The van der Waals surface area contributed by atoms with Crippen LogP contribution < -0.4 is 5.32 Å². The molecule has 3 rings (SSSR count). The Bertz CT molecular complexity index is 571. The molecular weight excluding hydrogens is 328 g/mol. The summed E-state index contributed by atoms with van der Waals surface area (Å²) in [4.78, 5) is 21.4. The van der Waals surface area contributed by atoms with Gasteiger partial charge in [-0.25, -0.2) is 0 Å². The summed E-state index contributed by atoms with van der Waals surface area (Å²) in [5.41, 5.74) is 0. The maximum atomic E-state index is 12.4. The molecule has 0 radical (unpaired) electrons. The second-order valence-electron chi connectivity index (χ2n) is 7.28. The van der Waals surface area contributed by atoms with Gasteiger partial charge in [-0.3, -0.25) is 9.79 Å². The lowest BCUT2D eigenvalue weighted by Crippen LogP contribution is -2.53. The van der Waals surface area contributed by atoms with Gasteiger partial charge in [0, 0.05) is 39.3 Å². The van der Waals surface area contributed by atoms with Crippen molar-refractivity contribution >= 4 is 11.9 Å². The van der Waals surface area contributed by atoms with Crippen molar-refractivity contribution in [2.24, 2.45) is 10.9 Å². The Balaban J connectivity index is 1.49. The van der Waals surface area contributed by atoms with Gasteiger partial charge >= 0.3 is 0 Å². The minimum atomic E-state index is -0.0195. The molecule has 2 aliphatic rings. The number of hydrogen-bond acceptors (Lipinski definition) is 3. The highest BCUT2D eigenvalue weighted by Gasteiger charge is 2.25. The predicted octanol–water partition coefficient (Wildman–Crippen LogP) is 2.97. The van der Waals surface area contributed by atoms with Gasteiger partial charge in [0.2, 0.25) is 0 Å². The highest BCUT2D eigenvalue weighted by atomic mass is 16.3. The van der Waals surface area contributed by atoms with Crippen LogP contribution in [0.3, 0.4) is 0 Å². The molecule has 1 N–H and O–H groups in total. The van der Waals surface area contributed by atoms with Crippen LogP contribution in [0, 0.1) is 5.92 Å². The number of nitrogens with one attached hydrogen (secondary N) is 1. The van der Waals surface area contributed by atoms with Gasteiger partial charge in [0.15, 0.2) is 11.7 Å². The van der Waals surface area contributed by atoms with Crippen molar-refractivity contribution in [2.75, 3.05) is 39.3 Å². The molecule has 6 nitrogen and oxygen atoms in total. The summed E-state index contributed by atoms with van der Waals surface area (Å²) in [6.07, 6.45) is 9.68. The molecule has 1 saturated heterocycles. The minimum Gasteiger partial charge on any atom is -0.459 e. The average molecular weight is 361 g/mol. The highest BCUT2D eigenvalue weighted by molar-refractivity contribution is 5.91. The molecule has 144 valence electrons. The predicted molar refractivity (Wildman–Crippen MR) is 103 cm³/mol. The second kappa shape index (κ2) is 9.64. The van der Waals surface area contributed by atoms with Gasteiger partial charge in [-0.05, 0) is 31.4 Å². The summed E-state index contributed by atoms with van der Waals surface area (Å²) in [5, 5.41) is 3.42. The van der Waals surface area contributed by atoms with Crippen molar-refractivity contribution in [1.29, 1.82) is 0 Å². The molecule has 1 saturated carbocycles. The summed E-state index contributed by atoms with van der Waals surface area (Å²) in [6.45, 7) is 6.89. The number of guanidine groups is 1. The van der Waals surface area contributed by atoms with E-state index in [-0.39, 0.29) is 5.91 Å². The van der Waals surface area contributed by atoms with E-state index in [0.29, 0.717) is 18.8 Å². The first-order chi connectivity index (χ1) is 12.8. The smallest absolute Gasteiger partial charge is 0.289 e. The summed E-state index contributed by atoms with van der Waals surface area (Å²) in [6, 6.07) is 3.48. The molecule has 2 heterocycles. The van der Waals surface area contributed by atoms with Crippen molar-refractivity contribution in [1.82, 2.24) is 15.1 Å². The fraction of sp³-hybridized carbons (Fsp3) is 0.700. The van der Waals surface area contributed by atoms with Crippen molar-refractivity contribution in [3.05, 3.63) is 24.2 Å². The number of furan rings is 1. The molecule has 0 aromatic carbocycles. The van der Waals surface area contributed by atoms with Crippen LogP contribution in [0.2, 0.25) is 0 Å². The van der Waals surface area contributed by atoms with E-state index >= 15 is 0 Å². The molecule has 0 spiro atoms. The van der Waals surface area contributed by atoms with Crippen molar-refractivity contribution in [3.8, 4) is 0 Å². The van der Waals surface area contributed by atoms with Gasteiger partial charge in [-0.2, -0.15) is 0 Å². The zero-order chi connectivity index (χ0) is 18.2. The first-order valence-corrected chi connectivity index (χ1v) is 10.1. The zero-order valence-electron chi connectivity index (χ0n) is 16.0. The lowest BCUT2D eigenvalue weighted by Gasteiger charge is -2.36. The van der Waals surface area contributed by atoms with Gasteiger partial charge in [0.25, 0.3) is 5.91 Å². The third-order valence-electron chi connectivity index (χ3n) is 5.46. The highest BCUT2D eigenvalue weighted by Crippen LogP contribution is 2.26. The van der Waals surface area contributed by atoms with E-state index in [1.807, 2.05) is 4.90 Å². The van der Waals surface area contributed by atoms with E-state index in [1.54, 1.807) is 18.4 Å². The maximum absolute atomic E-state index is 12.4. The van der Waals surface area contributed by atoms with Gasteiger partial charge in [0.1, 0.15) is 0 Å². The standard InChI is InChI=1S/C20H32N4O2/c1-2-21-20(22-11-10-17-7-4-3-5-8-17)24-14-12-23(13-15-24)19(25)18-9-6-16-26-18/h6,9,16-17H,2-5,7-8,10-15H2,1H3,(H,21,22). The maximum Gasteiger partial charge on any atom is 0.289 e. The number of amides is 1. The van der Waals surface area contributed by atoms with E-state index < -0.39 is 0 Å². The van der Waals surface area contributed by atoms with Gasteiger partial charge in [0.05, 0.1) is 6.26 Å². The Morgan fingerprint density at radius 1 is 1.19 bits per heavy atom. The molecule has 0 bridgehead atoms. The number of hydrogen-bond donors (Lipinski definition) is 1. The van der Waals surface area contributed by atoms with Crippen molar-refractivity contribution in [3.63, 3.8) is 0 Å². The largest absolute Gasteiger partial charge is 0.459 e. The molecule has 1 aliphatic carbocycles. The van der Waals surface area contributed by atoms with Crippen LogP contribution in [0.25, 0.3) is 0 Å². The molecule has 1 aromatic heterocycles. The molecule has 1 aromatic rings. The van der Waals surface area contributed by atoms with Gasteiger partial charge in [-0.1, -0.05) is 32.1 Å². The minimum absolute atomic E-state index is 0.0195. The quantitative estimate of drug-likeness (QED) is 0.648. The lowest BCUT2D eigenvalue weighted by molar-refractivity contribution is 0.0657. The molecule has 2 fully saturated rings. The van der Waals surface area contributed by atoms with Crippen molar-refractivity contribution < 1.29 is 9.21 Å². The Morgan fingerprint density at radius 3 is 2.58 bits per heavy atom. The van der Waals surface area contributed by atoms with Crippen LogP contribution >= 0.6 is 0 Å². The zero-order valence-corrected chi connectivity index (χ0v) is 16.0. The van der Waals surface area contributed by atoms with Crippen LogP contribution in [0.5, 0.6) is 0 Å². The summed E-state index contributed by atoms with van der Waals surface area (Å²) in [5.74, 6) is 2.26. The SMILES string of the molecule is CCNC(=NCCC1CCCCC1)N1CCN(C(=O)c2ccco2)CC1. The Hall–Kier alpha value is -1.98. The van der Waals surface area contributed by atoms with Crippen molar-refractivity contribution in [2.45, 2.75) is 45.4 Å². The molecule has 0 unspecified atom stereocenters. The van der Waals surface area contributed by atoms with E-state index in [0.717, 1.165) is 38.1 Å². The van der Waals surface area contributed by atoms with E-state index in [1.165, 1.54) is 38.5 Å². The molecule has 6 heteroatoms. The number of rotatable bonds is 5. The van der Waals surface area contributed by atoms with E-state index in [4.69, 9.17) is 9.41 Å². The van der Waals surface area contributed by atoms with Crippen LogP contribution in [0.4, 0.5) is 0 Å². The molecule has 0 atom stereocenters. The number of carbonyl (C=O) groups excluding carboxylic acids is 1. The fourth-order valence-electron chi connectivity index (χ4n) is 3.93. The average Bonchev–Trinajstić information content (AvgIpc) is 3.23. The van der Waals surface area contributed by atoms with Gasteiger partial charge < -0.3 is 19.5 Å². The topological polar surface area (TPSA) is 61.1 Å². The van der Waals surface area contributed by atoms with Crippen LogP contribution in [-0.4, -0.2) is 60.9 Å². The third-order valence-corrected chi connectivity index (χ3v) is 5.46. The number of aliphatic imine (C=N–C) groups is 1. The van der Waals surface area contributed by atoms with Gasteiger partial charge in [-0.15, -0.1) is 0 Å². The number of piperazine rings is 1. The molecule has 1 amide bonds. The third kappa shape index (κ3) is 5.02. The summed E-state index contributed by atoms with van der Waals surface area (Å²) in [7, 11) is 0. The number of nitrogens with zero attached hydrogens (tertiary/aromatic N) is 3. The van der Waals surface area contributed by atoms with Crippen LogP contribution in [-0.2, 0) is 0 Å². The monoisotopic (exact) mass is 360 g/mol. The van der Waals surface area contributed by atoms with E-state index in [9.17, 15) is 4.79 Å². The second-order valence-corrected chi connectivity index (χ2v) is 7.28. The van der Waals surface area contributed by atoms with Crippen LogP contribution in [0.1, 0.15) is 56.0 Å². The Morgan fingerprint density at radius 2 is 1.92 bits per heavy atom. The Labute approximate surface area is 156 Å². The lowest BCUT2D eigenvalue weighted by atomic mass is 9.87. The molecule has 26 heavy (non-hydrogen) atoms. The first kappa shape index (κ1) is 18.8. The first-order valence-electron chi connectivity index (χ1n) is 10.1.